The number of aliphatic hydroxyl groups excluding tert-OH is 1. The lowest BCUT2D eigenvalue weighted by molar-refractivity contribution is -0.0216. The molecule has 3 atom stereocenters. The van der Waals surface area contributed by atoms with E-state index in [1.807, 2.05) is 19.0 Å². The van der Waals surface area contributed by atoms with Gasteiger partial charge in [-0.05, 0) is 45.3 Å². The Labute approximate surface area is 213 Å². The zero-order chi connectivity index (χ0) is 27.1. The molecule has 0 saturated carbocycles. The van der Waals surface area contributed by atoms with E-state index in [0.29, 0.717) is 17.9 Å². The number of hydrogen-bond acceptors (Lipinski definition) is 8. The molecule has 37 heavy (non-hydrogen) atoms. The molecule has 12 heteroatoms. The van der Waals surface area contributed by atoms with Gasteiger partial charge in [0.25, 0.3) is 11.5 Å². The topological polar surface area (TPSA) is 135 Å². The molecule has 1 aliphatic rings. The van der Waals surface area contributed by atoms with E-state index in [1.165, 1.54) is 34.5 Å². The maximum atomic E-state index is 13.5. The molecule has 1 aromatic carbocycles. The monoisotopic (exact) mass is 514 g/mol. The van der Waals surface area contributed by atoms with Gasteiger partial charge in [0.15, 0.2) is 11.2 Å². The molecule has 2 N–H and O–H groups in total. The van der Waals surface area contributed by atoms with Crippen LogP contribution < -0.4 is 16.0 Å². The lowest BCUT2D eigenvalue weighted by atomic mass is 9.91. The molecule has 0 unspecified atom stereocenters. The van der Waals surface area contributed by atoms with Gasteiger partial charge in [0, 0.05) is 45.7 Å². The van der Waals surface area contributed by atoms with E-state index < -0.39 is 29.0 Å². The molecule has 1 fully saturated rings. The van der Waals surface area contributed by atoms with Crippen LogP contribution in [0.15, 0.2) is 40.2 Å². The molecular weight excluding hydrogens is 480 g/mol. The summed E-state index contributed by atoms with van der Waals surface area (Å²) in [4.78, 5) is 46.6. The first-order valence-corrected chi connectivity index (χ1v) is 12.1. The number of ether oxygens (including phenoxy) is 1. The second kappa shape index (κ2) is 10.1. The maximum Gasteiger partial charge on any atom is 0.332 e. The molecule has 12 nitrogen and oxygen atoms in total. The molecule has 0 aliphatic carbocycles. The highest BCUT2D eigenvalue weighted by molar-refractivity contribution is 5.94. The van der Waals surface area contributed by atoms with Gasteiger partial charge in [0.05, 0.1) is 24.1 Å². The third-order valence-electron chi connectivity index (χ3n) is 6.90. The molecule has 4 rings (SSSR count). The zero-order valence-electron chi connectivity index (χ0n) is 21.8. The Kier molecular flexibility index (Phi) is 7.27. The van der Waals surface area contributed by atoms with Crippen molar-refractivity contribution in [1.29, 1.82) is 0 Å². The molecule has 0 spiro atoms. The van der Waals surface area contributed by atoms with Crippen LogP contribution in [0.3, 0.4) is 0 Å². The fraction of sp³-hybridized carbons (Fsp3) is 0.520. The molecule has 2 aromatic heterocycles. The van der Waals surface area contributed by atoms with Crippen LogP contribution in [-0.4, -0.2) is 96.6 Å². The average molecular weight is 515 g/mol. The first-order chi connectivity index (χ1) is 17.4. The van der Waals surface area contributed by atoms with Crippen molar-refractivity contribution < 1.29 is 19.7 Å². The second-order valence-corrected chi connectivity index (χ2v) is 10.1. The Morgan fingerprint density at radius 2 is 1.84 bits per heavy atom. The summed E-state index contributed by atoms with van der Waals surface area (Å²) in [7, 11) is 6.80. The predicted octanol–water partition coefficient (Wildman–Crippen LogP) is -0.427. The fourth-order valence-corrected chi connectivity index (χ4v) is 4.79. The number of rotatable bonds is 6. The van der Waals surface area contributed by atoms with Crippen LogP contribution in [0, 0.1) is 0 Å². The lowest BCUT2D eigenvalue weighted by Crippen LogP contribution is -2.44. The zero-order valence-corrected chi connectivity index (χ0v) is 21.8. The summed E-state index contributed by atoms with van der Waals surface area (Å²) in [5.41, 5.74) is -1.84. The second-order valence-electron chi connectivity index (χ2n) is 10.1. The van der Waals surface area contributed by atoms with Crippen molar-refractivity contribution in [3.8, 4) is 5.75 Å². The quantitative estimate of drug-likeness (QED) is 0.453. The summed E-state index contributed by atoms with van der Waals surface area (Å²) in [6, 6.07) is 5.96. The number of likely N-dealkylation sites (tertiary alicyclic amines) is 1. The number of β-amino-alcohol motifs (C(OH)–C–C–N with tert-alkyl or cyclic N) is 1. The van der Waals surface area contributed by atoms with Crippen LogP contribution in [0.2, 0.25) is 0 Å². The Bertz CT molecular complexity index is 1400. The molecule has 3 heterocycles. The fourth-order valence-electron chi connectivity index (χ4n) is 4.79. The van der Waals surface area contributed by atoms with Crippen LogP contribution in [0.25, 0.3) is 11.2 Å². The van der Waals surface area contributed by atoms with Crippen molar-refractivity contribution in [1.82, 2.24) is 28.5 Å². The number of imidazole rings is 1. The van der Waals surface area contributed by atoms with Gasteiger partial charge in [-0.1, -0.05) is 0 Å². The van der Waals surface area contributed by atoms with Crippen molar-refractivity contribution in [3.05, 3.63) is 57.0 Å². The SMILES string of the molecule is CN(C)CCOc1ccc(C(=O)N2C[C@H](O)C[C@](C)(O)[C@@H](n3cnc4c3c(=O)n(C)c(=O)n4C)C2)cc1. The highest BCUT2D eigenvalue weighted by Gasteiger charge is 2.42. The van der Waals surface area contributed by atoms with Gasteiger partial charge < -0.3 is 29.3 Å². The number of fused-ring (bicyclic) bond motifs is 1. The minimum atomic E-state index is -1.48. The van der Waals surface area contributed by atoms with Gasteiger partial charge in [0.1, 0.15) is 12.4 Å². The normalized spacial score (nSPS) is 22.4. The largest absolute Gasteiger partial charge is 0.492 e. The van der Waals surface area contributed by atoms with E-state index >= 15 is 0 Å². The van der Waals surface area contributed by atoms with E-state index in [4.69, 9.17) is 4.74 Å². The third-order valence-corrected chi connectivity index (χ3v) is 6.90. The molecule has 1 aliphatic heterocycles. The number of nitrogens with zero attached hydrogens (tertiary/aromatic N) is 6. The Morgan fingerprint density at radius 1 is 1.16 bits per heavy atom. The number of amides is 1. The van der Waals surface area contributed by atoms with Gasteiger partial charge in [0.2, 0.25) is 0 Å². The first-order valence-electron chi connectivity index (χ1n) is 12.1. The molecule has 0 bridgehead atoms. The third kappa shape index (κ3) is 5.17. The van der Waals surface area contributed by atoms with Crippen molar-refractivity contribution in [2.75, 3.05) is 40.3 Å². The van der Waals surface area contributed by atoms with E-state index in [1.54, 1.807) is 31.2 Å². The van der Waals surface area contributed by atoms with Crippen LogP contribution >= 0.6 is 0 Å². The Morgan fingerprint density at radius 3 is 2.49 bits per heavy atom. The van der Waals surface area contributed by atoms with Gasteiger partial charge in [-0.15, -0.1) is 0 Å². The van der Waals surface area contributed by atoms with E-state index in [0.717, 1.165) is 11.1 Å². The predicted molar refractivity (Wildman–Crippen MR) is 137 cm³/mol. The van der Waals surface area contributed by atoms with Gasteiger partial charge in [-0.25, -0.2) is 9.78 Å². The van der Waals surface area contributed by atoms with Gasteiger partial charge >= 0.3 is 5.69 Å². The number of carbonyl (C=O) groups is 1. The summed E-state index contributed by atoms with van der Waals surface area (Å²) in [6.45, 7) is 2.86. The molecule has 0 radical (unpaired) electrons. The standard InChI is InChI=1S/C25H34N6O6/c1-25(36)12-17(32)13-30(22(33)16-6-8-18(9-7-16)37-11-10-27(2)3)14-19(25)31-15-26-21-20(31)23(34)29(5)24(35)28(21)4/h6-9,15,17,19,32,36H,10-14H2,1-5H3/t17-,19+,25+/m1/s1. The van der Waals surface area contributed by atoms with Crippen LogP contribution in [0.1, 0.15) is 29.7 Å². The number of hydrogen-bond donors (Lipinski definition) is 2. The van der Waals surface area contributed by atoms with Crippen molar-refractivity contribution in [3.63, 3.8) is 0 Å². The number of likely N-dealkylation sites (N-methyl/N-ethyl adjacent to an activating group) is 1. The minimum absolute atomic E-state index is 0.00962. The highest BCUT2D eigenvalue weighted by atomic mass is 16.5. The minimum Gasteiger partial charge on any atom is -0.492 e. The number of benzene rings is 1. The number of carbonyl (C=O) groups excluding carboxylic acids is 1. The number of aryl methyl sites for hydroxylation is 1. The highest BCUT2D eigenvalue weighted by Crippen LogP contribution is 2.33. The average Bonchev–Trinajstić information content (AvgIpc) is 3.23. The van der Waals surface area contributed by atoms with E-state index in [2.05, 4.69) is 4.98 Å². The maximum absolute atomic E-state index is 13.5. The summed E-state index contributed by atoms with van der Waals surface area (Å²) in [5.74, 6) is 0.313. The molecule has 200 valence electrons. The van der Waals surface area contributed by atoms with Gasteiger partial charge in [-0.3, -0.25) is 18.7 Å². The molecule has 1 amide bonds. The van der Waals surface area contributed by atoms with Crippen molar-refractivity contribution in [2.24, 2.45) is 14.1 Å². The first kappa shape index (κ1) is 26.6. The summed E-state index contributed by atoms with van der Waals surface area (Å²) in [5, 5.41) is 22.1. The van der Waals surface area contributed by atoms with Crippen LogP contribution in [0.5, 0.6) is 5.75 Å². The van der Waals surface area contributed by atoms with Gasteiger partial charge in [-0.2, -0.15) is 0 Å². The Balaban J connectivity index is 1.66. The smallest absolute Gasteiger partial charge is 0.332 e. The Hall–Kier alpha value is -3.48. The van der Waals surface area contributed by atoms with Crippen molar-refractivity contribution >= 4 is 17.1 Å². The molecule has 1 saturated heterocycles. The van der Waals surface area contributed by atoms with E-state index in [-0.39, 0.29) is 36.6 Å². The molecular formula is C25H34N6O6. The lowest BCUT2D eigenvalue weighted by Gasteiger charge is -2.34. The van der Waals surface area contributed by atoms with Crippen molar-refractivity contribution in [2.45, 2.75) is 31.1 Å². The number of aliphatic hydroxyl groups is 2. The van der Waals surface area contributed by atoms with E-state index in [9.17, 15) is 24.6 Å². The summed E-state index contributed by atoms with van der Waals surface area (Å²) >= 11 is 0. The number of aromatic nitrogens is 4. The summed E-state index contributed by atoms with van der Waals surface area (Å²) < 4.78 is 9.45. The van der Waals surface area contributed by atoms with Crippen LogP contribution in [-0.2, 0) is 14.1 Å². The summed E-state index contributed by atoms with van der Waals surface area (Å²) in [6.07, 6.45) is 0.385. The molecule has 3 aromatic rings. The van der Waals surface area contributed by atoms with Crippen LogP contribution in [0.4, 0.5) is 0 Å².